The second kappa shape index (κ2) is 10.5. The largest absolute Gasteiger partial charge is 0.466 e. The van der Waals surface area contributed by atoms with Gasteiger partial charge in [0.15, 0.2) is 0 Å². The number of aryl methyl sites for hydroxylation is 2. The van der Waals surface area contributed by atoms with Gasteiger partial charge in [0, 0.05) is 34.9 Å². The van der Waals surface area contributed by atoms with Gasteiger partial charge in [-0.05, 0) is 67.6 Å². The van der Waals surface area contributed by atoms with Crippen LogP contribution in [0.4, 0.5) is 0 Å². The van der Waals surface area contributed by atoms with Crippen molar-refractivity contribution in [1.82, 2.24) is 4.57 Å². The average molecular weight is 438 g/mol. The summed E-state index contributed by atoms with van der Waals surface area (Å²) < 4.78 is 13.3. The maximum absolute atomic E-state index is 11.6. The first-order chi connectivity index (χ1) is 13.0. The van der Waals surface area contributed by atoms with Crippen molar-refractivity contribution in [1.29, 1.82) is 0 Å². The van der Waals surface area contributed by atoms with Crippen molar-refractivity contribution < 1.29 is 19.1 Å². The summed E-state index contributed by atoms with van der Waals surface area (Å²) in [7, 11) is 0. The lowest BCUT2D eigenvalue weighted by molar-refractivity contribution is -0.144. The first-order valence-corrected chi connectivity index (χ1v) is 10.4. The molecule has 2 aromatic rings. The van der Waals surface area contributed by atoms with E-state index in [0.717, 1.165) is 35.8 Å². The van der Waals surface area contributed by atoms with Crippen molar-refractivity contribution in [2.45, 2.75) is 59.4 Å². The fourth-order valence-electron chi connectivity index (χ4n) is 3.41. The third-order valence-corrected chi connectivity index (χ3v) is 5.24. The maximum atomic E-state index is 11.6. The van der Waals surface area contributed by atoms with E-state index in [0.29, 0.717) is 26.1 Å². The molecule has 0 amide bonds. The van der Waals surface area contributed by atoms with E-state index in [1.807, 2.05) is 26.0 Å². The van der Waals surface area contributed by atoms with Gasteiger partial charge in [-0.1, -0.05) is 12.1 Å². The normalized spacial score (nSPS) is 11.0. The molecular weight excluding hydrogens is 410 g/mol. The summed E-state index contributed by atoms with van der Waals surface area (Å²) >= 11 is 3.67. The zero-order chi connectivity index (χ0) is 19.8. The molecule has 0 saturated carbocycles. The third kappa shape index (κ3) is 5.58. The van der Waals surface area contributed by atoms with Crippen LogP contribution in [0.25, 0.3) is 10.9 Å². The number of benzene rings is 1. The molecule has 0 aliphatic rings. The van der Waals surface area contributed by atoms with Crippen LogP contribution in [0.2, 0.25) is 0 Å². The number of ether oxygens (including phenoxy) is 2. The number of esters is 2. The highest BCUT2D eigenvalue weighted by Crippen LogP contribution is 2.32. The molecule has 0 fully saturated rings. The first-order valence-electron chi connectivity index (χ1n) is 9.57. The lowest BCUT2D eigenvalue weighted by atomic mass is 10.0. The number of carbonyl (C=O) groups excluding carboxylic acids is 2. The van der Waals surface area contributed by atoms with E-state index >= 15 is 0 Å². The van der Waals surface area contributed by atoms with Crippen LogP contribution in [0.5, 0.6) is 0 Å². The van der Waals surface area contributed by atoms with E-state index < -0.39 is 0 Å². The van der Waals surface area contributed by atoms with Crippen molar-refractivity contribution in [2.24, 2.45) is 0 Å². The predicted molar refractivity (Wildman–Crippen MR) is 110 cm³/mol. The number of rotatable bonds is 10. The molecule has 1 aromatic carbocycles. The average Bonchev–Trinajstić information content (AvgIpc) is 2.89. The maximum Gasteiger partial charge on any atom is 0.305 e. The van der Waals surface area contributed by atoms with E-state index in [2.05, 4.69) is 33.5 Å². The van der Waals surface area contributed by atoms with Gasteiger partial charge >= 0.3 is 11.9 Å². The first kappa shape index (κ1) is 21.5. The van der Waals surface area contributed by atoms with Crippen LogP contribution in [0.3, 0.4) is 0 Å². The lowest BCUT2D eigenvalue weighted by Crippen LogP contribution is -2.07. The fourth-order valence-corrected chi connectivity index (χ4v) is 3.99. The molecule has 0 unspecified atom stereocenters. The van der Waals surface area contributed by atoms with Crippen molar-refractivity contribution >= 4 is 38.8 Å². The molecule has 0 aliphatic heterocycles. The second-order valence-electron chi connectivity index (χ2n) is 6.42. The number of nitrogens with zero attached hydrogens (tertiary/aromatic N) is 1. The van der Waals surface area contributed by atoms with Crippen LogP contribution < -0.4 is 0 Å². The Morgan fingerprint density at radius 2 is 1.67 bits per heavy atom. The topological polar surface area (TPSA) is 57.5 Å². The molecule has 148 valence electrons. The van der Waals surface area contributed by atoms with E-state index in [1.54, 1.807) is 0 Å². The van der Waals surface area contributed by atoms with Crippen LogP contribution in [0, 0.1) is 6.92 Å². The van der Waals surface area contributed by atoms with E-state index in [9.17, 15) is 9.59 Å². The molecule has 5 nitrogen and oxygen atoms in total. The lowest BCUT2D eigenvalue weighted by Gasteiger charge is -2.10. The zero-order valence-corrected chi connectivity index (χ0v) is 17.9. The number of halogens is 1. The highest BCUT2D eigenvalue weighted by molar-refractivity contribution is 9.10. The smallest absolute Gasteiger partial charge is 0.305 e. The summed E-state index contributed by atoms with van der Waals surface area (Å²) in [5.74, 6) is -0.296. The van der Waals surface area contributed by atoms with Gasteiger partial charge in [-0.25, -0.2) is 0 Å². The van der Waals surface area contributed by atoms with Gasteiger partial charge in [-0.3, -0.25) is 9.59 Å². The molecule has 1 heterocycles. The summed E-state index contributed by atoms with van der Waals surface area (Å²) in [6.45, 7) is 7.34. The molecule has 0 radical (unpaired) electrons. The summed E-state index contributed by atoms with van der Waals surface area (Å²) in [6.07, 6.45) is 3.15. The number of carbonyl (C=O) groups is 2. The molecule has 1 aromatic heterocycles. The Labute approximate surface area is 169 Å². The molecule has 0 spiro atoms. The number of hydrogen-bond acceptors (Lipinski definition) is 4. The number of hydrogen-bond donors (Lipinski definition) is 0. The standard InChI is InChI=1S/C21H28BrNO4/c1-4-26-19(24)12-7-9-16-15(3)23(14-8-13-20(25)27-5-2)21-17(16)10-6-11-18(21)22/h6,10-11H,4-5,7-9,12-14H2,1-3H3. The molecular formula is C21H28BrNO4. The number of aromatic nitrogens is 1. The molecule has 0 aliphatic carbocycles. The Kier molecular flexibility index (Phi) is 8.35. The van der Waals surface area contributed by atoms with Crippen LogP contribution in [-0.2, 0) is 32.0 Å². The van der Waals surface area contributed by atoms with Crippen LogP contribution in [-0.4, -0.2) is 29.7 Å². The van der Waals surface area contributed by atoms with Gasteiger partial charge in [0.25, 0.3) is 0 Å². The molecule has 27 heavy (non-hydrogen) atoms. The van der Waals surface area contributed by atoms with Crippen molar-refractivity contribution in [3.8, 4) is 0 Å². The Balaban J connectivity index is 2.17. The molecule has 0 bridgehead atoms. The van der Waals surface area contributed by atoms with Gasteiger partial charge < -0.3 is 14.0 Å². The molecule has 0 atom stereocenters. The van der Waals surface area contributed by atoms with Crippen molar-refractivity contribution in [2.75, 3.05) is 13.2 Å². The number of fused-ring (bicyclic) bond motifs is 1. The summed E-state index contributed by atoms with van der Waals surface area (Å²) in [4.78, 5) is 23.2. The number of para-hydroxylation sites is 1. The minimum Gasteiger partial charge on any atom is -0.466 e. The predicted octanol–water partition coefficient (Wildman–Crippen LogP) is 4.94. The molecule has 0 N–H and O–H groups in total. The van der Waals surface area contributed by atoms with Gasteiger partial charge in [0.1, 0.15) is 0 Å². The van der Waals surface area contributed by atoms with Crippen molar-refractivity contribution in [3.05, 3.63) is 33.9 Å². The third-order valence-electron chi connectivity index (χ3n) is 4.60. The molecule has 2 rings (SSSR count). The second-order valence-corrected chi connectivity index (χ2v) is 7.27. The highest BCUT2D eigenvalue weighted by Gasteiger charge is 2.16. The molecule has 6 heteroatoms. The van der Waals surface area contributed by atoms with Gasteiger partial charge in [-0.2, -0.15) is 0 Å². The Hall–Kier alpha value is -1.82. The van der Waals surface area contributed by atoms with Crippen LogP contribution in [0.1, 0.15) is 50.8 Å². The monoisotopic (exact) mass is 437 g/mol. The Morgan fingerprint density at radius 3 is 2.30 bits per heavy atom. The quantitative estimate of drug-likeness (QED) is 0.493. The Bertz CT molecular complexity index is 797. The zero-order valence-electron chi connectivity index (χ0n) is 16.3. The highest BCUT2D eigenvalue weighted by atomic mass is 79.9. The van der Waals surface area contributed by atoms with Gasteiger partial charge in [0.2, 0.25) is 0 Å². The molecule has 0 saturated heterocycles. The van der Waals surface area contributed by atoms with Gasteiger partial charge in [-0.15, -0.1) is 0 Å². The van der Waals surface area contributed by atoms with E-state index in [1.165, 1.54) is 16.6 Å². The van der Waals surface area contributed by atoms with Crippen LogP contribution in [0.15, 0.2) is 22.7 Å². The summed E-state index contributed by atoms with van der Waals surface area (Å²) in [6, 6.07) is 6.18. The van der Waals surface area contributed by atoms with Crippen LogP contribution >= 0.6 is 15.9 Å². The Morgan fingerprint density at radius 1 is 1.04 bits per heavy atom. The summed E-state index contributed by atoms with van der Waals surface area (Å²) in [5, 5.41) is 1.20. The SMILES string of the molecule is CCOC(=O)CCCc1c(C)n(CCCC(=O)OCC)c2c(Br)cccc12. The summed E-state index contributed by atoms with van der Waals surface area (Å²) in [5.41, 5.74) is 3.58. The van der Waals surface area contributed by atoms with Gasteiger partial charge in [0.05, 0.1) is 18.7 Å². The minimum atomic E-state index is -0.152. The van der Waals surface area contributed by atoms with E-state index in [-0.39, 0.29) is 11.9 Å². The minimum absolute atomic E-state index is 0.144. The fraction of sp³-hybridized carbons (Fsp3) is 0.524. The van der Waals surface area contributed by atoms with Crippen molar-refractivity contribution in [3.63, 3.8) is 0 Å². The van der Waals surface area contributed by atoms with E-state index in [4.69, 9.17) is 9.47 Å².